The highest BCUT2D eigenvalue weighted by Gasteiger charge is 2.31. The van der Waals surface area contributed by atoms with Crippen LogP contribution in [0.3, 0.4) is 0 Å². The van der Waals surface area contributed by atoms with E-state index in [1.165, 1.54) is 0 Å². The summed E-state index contributed by atoms with van der Waals surface area (Å²) in [7, 11) is 0. The van der Waals surface area contributed by atoms with Crippen LogP contribution in [0.4, 0.5) is 4.79 Å². The van der Waals surface area contributed by atoms with Crippen LogP contribution in [-0.4, -0.2) is 47.9 Å². The number of ether oxygens (including phenoxy) is 2. The summed E-state index contributed by atoms with van der Waals surface area (Å²) in [6, 6.07) is 23.8. The van der Waals surface area contributed by atoms with Gasteiger partial charge in [-0.25, -0.2) is 9.59 Å². The van der Waals surface area contributed by atoms with Crippen molar-refractivity contribution in [2.75, 3.05) is 6.61 Å². The van der Waals surface area contributed by atoms with Crippen molar-refractivity contribution in [1.82, 2.24) is 10.6 Å². The van der Waals surface area contributed by atoms with Crippen molar-refractivity contribution >= 4 is 18.0 Å². The molecule has 3 N–H and O–H groups in total. The van der Waals surface area contributed by atoms with Gasteiger partial charge < -0.3 is 25.2 Å². The molecule has 0 unspecified atom stereocenters. The van der Waals surface area contributed by atoms with Gasteiger partial charge in [-0.1, -0.05) is 92.7 Å². The number of carbonyl (C=O) groups excluding carboxylic acids is 2. The molecule has 210 valence electrons. The molecule has 8 nitrogen and oxygen atoms in total. The maximum Gasteiger partial charge on any atom is 0.407 e. The van der Waals surface area contributed by atoms with Crippen molar-refractivity contribution < 1.29 is 29.0 Å². The zero-order valence-corrected chi connectivity index (χ0v) is 23.0. The number of hydrogen-bond acceptors (Lipinski definition) is 5. The molecule has 4 rings (SSSR count). The molecule has 0 saturated carbocycles. The number of amides is 2. The molecule has 8 heteroatoms. The minimum atomic E-state index is -1.24. The molecule has 3 aromatic carbocycles. The maximum atomic E-state index is 12.9. The molecule has 0 fully saturated rings. The summed E-state index contributed by atoms with van der Waals surface area (Å²) in [5, 5.41) is 15.1. The molecule has 1 aliphatic carbocycles. The standard InChI is InChI=1S/C32H36N2O6/c1-20(2)28(17-29(35)34-30(31(36)37)21(3)39-18-22-11-5-4-6-12-22)33-32(38)40-19-27-25-15-9-7-13-23(25)24-14-8-10-16-26(24)27/h4-16,20-21,27-28,30H,17-19H2,1-3H3,(H,33,38)(H,34,35)(H,36,37)/t21-,28+,30+/m0/s1. The summed E-state index contributed by atoms with van der Waals surface area (Å²) >= 11 is 0. The molecule has 0 saturated heterocycles. The molecule has 0 bridgehead atoms. The number of alkyl carbamates (subject to hydrolysis) is 1. The van der Waals surface area contributed by atoms with Gasteiger partial charge in [-0.2, -0.15) is 0 Å². The summed E-state index contributed by atoms with van der Waals surface area (Å²) in [4.78, 5) is 37.5. The van der Waals surface area contributed by atoms with Gasteiger partial charge in [0.25, 0.3) is 0 Å². The van der Waals surface area contributed by atoms with E-state index in [1.807, 2.05) is 80.6 Å². The number of hydrogen-bond donors (Lipinski definition) is 3. The number of fused-ring (bicyclic) bond motifs is 3. The Morgan fingerprint density at radius 2 is 1.40 bits per heavy atom. The Balaban J connectivity index is 1.31. The fourth-order valence-corrected chi connectivity index (χ4v) is 4.95. The Morgan fingerprint density at radius 3 is 1.98 bits per heavy atom. The third kappa shape index (κ3) is 7.07. The number of carboxylic acids is 1. The molecule has 40 heavy (non-hydrogen) atoms. The second-order valence-corrected chi connectivity index (χ2v) is 10.4. The number of carbonyl (C=O) groups is 3. The van der Waals surface area contributed by atoms with Crippen molar-refractivity contribution in [1.29, 1.82) is 0 Å². The van der Waals surface area contributed by atoms with Gasteiger partial charge in [0, 0.05) is 18.4 Å². The number of carboxylic acid groups (broad SMARTS) is 1. The van der Waals surface area contributed by atoms with E-state index in [9.17, 15) is 19.5 Å². The lowest BCUT2D eigenvalue weighted by atomic mass is 9.98. The minimum Gasteiger partial charge on any atom is -0.480 e. The lowest BCUT2D eigenvalue weighted by Gasteiger charge is -2.25. The van der Waals surface area contributed by atoms with Crippen LogP contribution in [-0.2, 0) is 25.7 Å². The molecule has 0 aliphatic heterocycles. The SMILES string of the molecule is CC(C)[C@@H](CC(=O)N[C@@H](C(=O)O)[C@H](C)OCc1ccccc1)NC(=O)OCC1c2ccccc2-c2ccccc21. The average molecular weight is 545 g/mol. The minimum absolute atomic E-state index is 0.0763. The molecular formula is C32H36N2O6. The van der Waals surface area contributed by atoms with Crippen molar-refractivity contribution in [3.63, 3.8) is 0 Å². The summed E-state index contributed by atoms with van der Waals surface area (Å²) in [6.45, 7) is 5.74. The van der Waals surface area contributed by atoms with Gasteiger partial charge in [-0.15, -0.1) is 0 Å². The van der Waals surface area contributed by atoms with Crippen LogP contribution in [0.25, 0.3) is 11.1 Å². The Labute approximate surface area is 234 Å². The van der Waals surface area contributed by atoms with Crippen molar-refractivity contribution in [2.45, 2.75) is 57.9 Å². The highest BCUT2D eigenvalue weighted by molar-refractivity contribution is 5.84. The molecule has 0 radical (unpaired) electrons. The monoisotopic (exact) mass is 544 g/mol. The normalized spacial score (nSPS) is 14.5. The highest BCUT2D eigenvalue weighted by atomic mass is 16.5. The van der Waals surface area contributed by atoms with Gasteiger partial charge in [-0.05, 0) is 40.7 Å². The van der Waals surface area contributed by atoms with Gasteiger partial charge in [-0.3, -0.25) is 4.79 Å². The van der Waals surface area contributed by atoms with E-state index in [0.717, 1.165) is 27.8 Å². The second-order valence-electron chi connectivity index (χ2n) is 10.4. The summed E-state index contributed by atoms with van der Waals surface area (Å²) in [6.07, 6.45) is -1.49. The molecule has 1 aliphatic rings. The summed E-state index contributed by atoms with van der Waals surface area (Å²) in [5.74, 6) is -1.87. The first-order chi connectivity index (χ1) is 19.2. The highest BCUT2D eigenvalue weighted by Crippen LogP contribution is 2.44. The van der Waals surface area contributed by atoms with Crippen LogP contribution in [0.1, 0.15) is 49.8 Å². The molecule has 2 amide bonds. The van der Waals surface area contributed by atoms with E-state index < -0.39 is 36.2 Å². The predicted molar refractivity (Wildman–Crippen MR) is 152 cm³/mol. The lowest BCUT2D eigenvalue weighted by Crippen LogP contribution is -2.51. The van der Waals surface area contributed by atoms with E-state index in [1.54, 1.807) is 6.92 Å². The predicted octanol–water partition coefficient (Wildman–Crippen LogP) is 5.11. The van der Waals surface area contributed by atoms with Crippen LogP contribution in [0.15, 0.2) is 78.9 Å². The van der Waals surface area contributed by atoms with Crippen LogP contribution in [0, 0.1) is 5.92 Å². The molecular weight excluding hydrogens is 508 g/mol. The van der Waals surface area contributed by atoms with Crippen molar-refractivity contribution in [2.24, 2.45) is 5.92 Å². The first-order valence-corrected chi connectivity index (χ1v) is 13.5. The first-order valence-electron chi connectivity index (χ1n) is 13.5. The fraction of sp³-hybridized carbons (Fsp3) is 0.344. The molecule has 0 aromatic heterocycles. The second kappa shape index (κ2) is 13.3. The lowest BCUT2D eigenvalue weighted by molar-refractivity contribution is -0.146. The molecule has 3 atom stereocenters. The molecule has 0 spiro atoms. The Kier molecular flexibility index (Phi) is 9.56. The number of benzene rings is 3. The van der Waals surface area contributed by atoms with E-state index in [0.29, 0.717) is 0 Å². The first kappa shape index (κ1) is 28.8. The van der Waals surface area contributed by atoms with Crippen LogP contribution >= 0.6 is 0 Å². The molecule has 3 aromatic rings. The van der Waals surface area contributed by atoms with Gasteiger partial charge in [0.1, 0.15) is 6.61 Å². The third-order valence-electron chi connectivity index (χ3n) is 7.26. The van der Waals surface area contributed by atoms with Crippen molar-refractivity contribution in [3.8, 4) is 11.1 Å². The maximum absolute atomic E-state index is 12.9. The fourth-order valence-electron chi connectivity index (χ4n) is 4.95. The number of rotatable bonds is 12. The number of nitrogens with one attached hydrogen (secondary N) is 2. The Morgan fingerprint density at radius 1 is 0.825 bits per heavy atom. The van der Waals surface area contributed by atoms with Crippen molar-refractivity contribution in [3.05, 3.63) is 95.6 Å². The topological polar surface area (TPSA) is 114 Å². The Bertz CT molecular complexity index is 1280. The van der Waals surface area contributed by atoms with Gasteiger partial charge >= 0.3 is 12.1 Å². The van der Waals surface area contributed by atoms with E-state index in [-0.39, 0.29) is 31.5 Å². The van der Waals surface area contributed by atoms with Crippen LogP contribution in [0.2, 0.25) is 0 Å². The van der Waals surface area contributed by atoms with Crippen LogP contribution < -0.4 is 10.6 Å². The van der Waals surface area contributed by atoms with E-state index >= 15 is 0 Å². The zero-order chi connectivity index (χ0) is 28.6. The molecule has 0 heterocycles. The smallest absolute Gasteiger partial charge is 0.407 e. The van der Waals surface area contributed by atoms with Gasteiger partial charge in [0.2, 0.25) is 5.91 Å². The Hall–Kier alpha value is -4.17. The largest absolute Gasteiger partial charge is 0.480 e. The number of aliphatic carboxylic acids is 1. The third-order valence-corrected chi connectivity index (χ3v) is 7.26. The average Bonchev–Trinajstić information content (AvgIpc) is 3.27. The van der Waals surface area contributed by atoms with Gasteiger partial charge in [0.05, 0.1) is 12.7 Å². The zero-order valence-electron chi connectivity index (χ0n) is 23.0. The quantitative estimate of drug-likeness (QED) is 0.292. The van der Waals surface area contributed by atoms with E-state index in [2.05, 4.69) is 22.8 Å². The summed E-state index contributed by atoms with van der Waals surface area (Å²) in [5.41, 5.74) is 5.40. The summed E-state index contributed by atoms with van der Waals surface area (Å²) < 4.78 is 11.4. The van der Waals surface area contributed by atoms with Gasteiger partial charge in [0.15, 0.2) is 6.04 Å². The van der Waals surface area contributed by atoms with Crippen LogP contribution in [0.5, 0.6) is 0 Å². The van der Waals surface area contributed by atoms with E-state index in [4.69, 9.17) is 9.47 Å².